The number of anilines is 2. The first-order valence-electron chi connectivity index (χ1n) is 9.18. The van der Waals surface area contributed by atoms with Crippen LogP contribution < -0.4 is 15.0 Å². The molecule has 150 valence electrons. The summed E-state index contributed by atoms with van der Waals surface area (Å²) < 4.78 is 7.76. The van der Waals surface area contributed by atoms with E-state index in [1.165, 1.54) is 0 Å². The first-order chi connectivity index (χ1) is 14.1. The number of nitrogens with zero attached hydrogens (tertiary/aromatic N) is 4. The summed E-state index contributed by atoms with van der Waals surface area (Å²) in [5.74, 6) is -0.120. The second-order valence-corrected chi connectivity index (χ2v) is 6.99. The molecular formula is C19H20N6O3S. The van der Waals surface area contributed by atoms with Crippen molar-refractivity contribution in [3.8, 4) is 11.4 Å². The third kappa shape index (κ3) is 4.21. The Hall–Kier alpha value is -3.40. The molecule has 3 N–H and O–H groups in total. The number of carbonyl (C=O) groups is 1. The zero-order chi connectivity index (χ0) is 20.2. The van der Waals surface area contributed by atoms with Crippen LogP contribution in [0.1, 0.15) is 12.8 Å². The van der Waals surface area contributed by atoms with E-state index in [-0.39, 0.29) is 6.73 Å². The highest BCUT2D eigenvalue weighted by atomic mass is 32.1. The van der Waals surface area contributed by atoms with Crippen molar-refractivity contribution in [2.24, 2.45) is 0 Å². The van der Waals surface area contributed by atoms with Gasteiger partial charge in [-0.05, 0) is 55.4 Å². The number of H-pyrrole nitrogens is 1. The van der Waals surface area contributed by atoms with Gasteiger partial charge in [0.1, 0.15) is 11.8 Å². The van der Waals surface area contributed by atoms with E-state index in [0.29, 0.717) is 16.9 Å². The summed E-state index contributed by atoms with van der Waals surface area (Å²) in [6, 6.07) is 14.6. The van der Waals surface area contributed by atoms with Crippen molar-refractivity contribution < 1.29 is 14.6 Å². The average molecular weight is 412 g/mol. The number of aliphatic carboxylic acids is 1. The maximum Gasteiger partial charge on any atom is 0.326 e. The summed E-state index contributed by atoms with van der Waals surface area (Å²) >= 11 is 5.12. The smallest absolute Gasteiger partial charge is 0.326 e. The topological polar surface area (TPSA) is 108 Å². The molecule has 0 bridgehead atoms. The molecule has 2 aromatic carbocycles. The lowest BCUT2D eigenvalue weighted by Gasteiger charge is -2.24. The number of nitrogens with one attached hydrogen (secondary N) is 2. The van der Waals surface area contributed by atoms with E-state index in [2.05, 4.69) is 20.8 Å². The molecule has 9 nitrogen and oxygen atoms in total. The molecule has 0 radical (unpaired) electrons. The predicted molar refractivity (Wildman–Crippen MR) is 110 cm³/mol. The van der Waals surface area contributed by atoms with Crippen LogP contribution in [0.3, 0.4) is 0 Å². The number of tetrazole rings is 1. The van der Waals surface area contributed by atoms with E-state index in [1.807, 2.05) is 53.4 Å². The molecule has 1 saturated heterocycles. The van der Waals surface area contributed by atoms with Crippen LogP contribution in [0, 0.1) is 4.77 Å². The number of ether oxygens (including phenoxy) is 1. The average Bonchev–Trinajstić information content (AvgIpc) is 3.38. The highest BCUT2D eigenvalue weighted by Gasteiger charge is 2.30. The van der Waals surface area contributed by atoms with Crippen molar-refractivity contribution in [1.29, 1.82) is 0 Å². The van der Waals surface area contributed by atoms with Crippen LogP contribution in [-0.4, -0.2) is 50.6 Å². The maximum absolute atomic E-state index is 11.4. The third-order valence-corrected chi connectivity index (χ3v) is 5.04. The van der Waals surface area contributed by atoms with E-state index in [1.54, 1.807) is 4.68 Å². The fraction of sp³-hybridized carbons (Fsp3) is 0.263. The minimum absolute atomic E-state index is 0.252. The van der Waals surface area contributed by atoms with Crippen LogP contribution in [0.5, 0.6) is 5.75 Å². The number of hydrogen-bond acceptors (Lipinski definition) is 7. The quantitative estimate of drug-likeness (QED) is 0.402. The maximum atomic E-state index is 11.4. The fourth-order valence-electron chi connectivity index (χ4n) is 3.41. The molecule has 1 aromatic heterocycles. The zero-order valence-corrected chi connectivity index (χ0v) is 16.3. The SMILES string of the molecule is O=C(O)C1CCCN1c1cccc(OCNc2cccc(-n3[nH]nnc3=S)c2)c1. The molecule has 3 aromatic rings. The lowest BCUT2D eigenvalue weighted by Crippen LogP contribution is -2.35. The Bertz CT molecular complexity index is 1070. The molecule has 1 atom stereocenters. The number of benzene rings is 2. The van der Waals surface area contributed by atoms with Gasteiger partial charge in [-0.3, -0.25) is 0 Å². The molecule has 1 fully saturated rings. The summed E-state index contributed by atoms with van der Waals surface area (Å²) in [5, 5.41) is 22.8. The van der Waals surface area contributed by atoms with E-state index in [4.69, 9.17) is 17.0 Å². The molecule has 0 saturated carbocycles. The Morgan fingerprint density at radius 1 is 1.28 bits per heavy atom. The summed E-state index contributed by atoms with van der Waals surface area (Å²) in [4.78, 5) is 13.3. The van der Waals surface area contributed by atoms with Crippen LogP contribution in [0.25, 0.3) is 5.69 Å². The van der Waals surface area contributed by atoms with Gasteiger partial charge in [0.25, 0.3) is 0 Å². The van der Waals surface area contributed by atoms with Crippen molar-refractivity contribution in [2.45, 2.75) is 18.9 Å². The van der Waals surface area contributed by atoms with Crippen LogP contribution in [0.4, 0.5) is 11.4 Å². The van der Waals surface area contributed by atoms with Crippen molar-refractivity contribution in [1.82, 2.24) is 20.2 Å². The Labute approximate surface area is 171 Å². The van der Waals surface area contributed by atoms with Gasteiger partial charge in [-0.2, -0.15) is 5.21 Å². The largest absolute Gasteiger partial charge is 0.480 e. The zero-order valence-electron chi connectivity index (χ0n) is 15.5. The fourth-order valence-corrected chi connectivity index (χ4v) is 3.59. The van der Waals surface area contributed by atoms with Gasteiger partial charge in [-0.15, -0.1) is 0 Å². The number of aromatic nitrogens is 4. The highest BCUT2D eigenvalue weighted by molar-refractivity contribution is 7.71. The van der Waals surface area contributed by atoms with Gasteiger partial charge in [0.2, 0.25) is 4.77 Å². The second kappa shape index (κ2) is 8.31. The van der Waals surface area contributed by atoms with Crippen LogP contribution in [0.15, 0.2) is 48.5 Å². The number of hydrogen-bond donors (Lipinski definition) is 3. The van der Waals surface area contributed by atoms with Crippen molar-refractivity contribution >= 4 is 29.6 Å². The molecule has 0 spiro atoms. The van der Waals surface area contributed by atoms with E-state index in [0.717, 1.165) is 30.0 Å². The summed E-state index contributed by atoms with van der Waals surface area (Å²) in [6.07, 6.45) is 1.53. The number of rotatable bonds is 7. The molecule has 1 unspecified atom stereocenters. The third-order valence-electron chi connectivity index (χ3n) is 4.78. The Morgan fingerprint density at radius 2 is 2.10 bits per heavy atom. The Kier molecular flexibility index (Phi) is 5.43. The second-order valence-electron chi connectivity index (χ2n) is 6.62. The van der Waals surface area contributed by atoms with Gasteiger partial charge in [-0.25, -0.2) is 9.48 Å². The van der Waals surface area contributed by atoms with Gasteiger partial charge in [-0.1, -0.05) is 22.4 Å². The van der Waals surface area contributed by atoms with Gasteiger partial charge >= 0.3 is 5.97 Å². The van der Waals surface area contributed by atoms with Crippen LogP contribution in [-0.2, 0) is 4.79 Å². The summed E-state index contributed by atoms with van der Waals surface area (Å²) in [7, 11) is 0. The van der Waals surface area contributed by atoms with Gasteiger partial charge in [0, 0.05) is 24.0 Å². The number of carboxylic acid groups (broad SMARTS) is 1. The molecule has 4 rings (SSSR count). The predicted octanol–water partition coefficient (Wildman–Crippen LogP) is 2.83. The van der Waals surface area contributed by atoms with Crippen LogP contribution in [0.2, 0.25) is 0 Å². The first kappa shape index (κ1) is 18.9. The lowest BCUT2D eigenvalue weighted by molar-refractivity contribution is -0.138. The van der Waals surface area contributed by atoms with Crippen molar-refractivity contribution in [3.63, 3.8) is 0 Å². The number of aromatic amines is 1. The first-order valence-corrected chi connectivity index (χ1v) is 9.59. The Balaban J connectivity index is 1.40. The molecule has 10 heteroatoms. The van der Waals surface area contributed by atoms with E-state index < -0.39 is 12.0 Å². The van der Waals surface area contributed by atoms with E-state index in [9.17, 15) is 9.90 Å². The summed E-state index contributed by atoms with van der Waals surface area (Å²) in [5.41, 5.74) is 2.51. The minimum Gasteiger partial charge on any atom is -0.480 e. The van der Waals surface area contributed by atoms with Gasteiger partial charge in [0.15, 0.2) is 6.73 Å². The van der Waals surface area contributed by atoms with Gasteiger partial charge < -0.3 is 20.1 Å². The molecule has 0 aliphatic carbocycles. The van der Waals surface area contributed by atoms with E-state index >= 15 is 0 Å². The van der Waals surface area contributed by atoms with Crippen molar-refractivity contribution in [2.75, 3.05) is 23.5 Å². The van der Waals surface area contributed by atoms with Crippen LogP contribution >= 0.6 is 12.2 Å². The van der Waals surface area contributed by atoms with Crippen molar-refractivity contribution in [3.05, 3.63) is 53.3 Å². The molecule has 2 heterocycles. The monoisotopic (exact) mass is 412 g/mol. The molecule has 29 heavy (non-hydrogen) atoms. The molecule has 1 aliphatic rings. The number of carboxylic acids is 1. The summed E-state index contributed by atoms with van der Waals surface area (Å²) in [6.45, 7) is 0.984. The minimum atomic E-state index is -0.789. The standard InChI is InChI=1S/C19H20N6O3S/c26-18(27)17-8-3-9-24(17)14-5-2-7-16(11-14)28-12-20-13-4-1-6-15(10-13)25-19(29)21-22-23-25/h1-2,4-7,10-11,17,20H,3,8-9,12H2,(H,26,27)(H,21,23,29). The molecular weight excluding hydrogens is 392 g/mol. The highest BCUT2D eigenvalue weighted by Crippen LogP contribution is 2.28. The Morgan fingerprint density at radius 3 is 2.90 bits per heavy atom. The van der Waals surface area contributed by atoms with Gasteiger partial charge in [0.05, 0.1) is 5.69 Å². The lowest BCUT2D eigenvalue weighted by atomic mass is 10.2. The molecule has 1 aliphatic heterocycles. The normalized spacial score (nSPS) is 16.0. The molecule has 0 amide bonds.